The van der Waals surface area contributed by atoms with E-state index in [1.54, 1.807) is 7.11 Å². The molecule has 3 aromatic carbocycles. The van der Waals surface area contributed by atoms with E-state index in [9.17, 15) is 4.79 Å². The maximum atomic E-state index is 12.2. The highest BCUT2D eigenvalue weighted by Crippen LogP contribution is 2.23. The molecule has 23 heavy (non-hydrogen) atoms. The Morgan fingerprint density at radius 2 is 1.70 bits per heavy atom. The van der Waals surface area contributed by atoms with Crippen LogP contribution in [0.2, 0.25) is 0 Å². The lowest BCUT2D eigenvalue weighted by molar-refractivity contribution is 0.251. The lowest BCUT2D eigenvalue weighted by Gasteiger charge is -2.12. The third-order valence-electron chi connectivity index (χ3n) is 3.67. The highest BCUT2D eigenvalue weighted by atomic mass is 16.5. The maximum Gasteiger partial charge on any atom is 0.319 e. The number of ether oxygens (including phenoxy) is 1. The molecule has 0 spiro atoms. The van der Waals surface area contributed by atoms with Crippen molar-refractivity contribution in [2.45, 2.75) is 6.54 Å². The van der Waals surface area contributed by atoms with Gasteiger partial charge in [0.15, 0.2) is 0 Å². The van der Waals surface area contributed by atoms with Crippen LogP contribution in [0, 0.1) is 0 Å². The molecule has 0 unspecified atom stereocenters. The summed E-state index contributed by atoms with van der Waals surface area (Å²) in [6.07, 6.45) is 0. The molecule has 116 valence electrons. The zero-order valence-electron chi connectivity index (χ0n) is 12.9. The van der Waals surface area contributed by atoms with Gasteiger partial charge in [0, 0.05) is 17.5 Å². The van der Waals surface area contributed by atoms with Gasteiger partial charge in [-0.1, -0.05) is 54.6 Å². The lowest BCUT2D eigenvalue weighted by Crippen LogP contribution is -2.28. The molecule has 2 N–H and O–H groups in total. The maximum absolute atomic E-state index is 12.2. The second kappa shape index (κ2) is 6.83. The molecule has 0 saturated carbocycles. The van der Waals surface area contributed by atoms with Crippen molar-refractivity contribution in [1.82, 2.24) is 5.32 Å². The number of methoxy groups -OCH3 is 1. The van der Waals surface area contributed by atoms with Gasteiger partial charge in [-0.05, 0) is 17.5 Å². The van der Waals surface area contributed by atoms with E-state index in [2.05, 4.69) is 10.6 Å². The van der Waals surface area contributed by atoms with Crippen LogP contribution in [0.4, 0.5) is 10.5 Å². The van der Waals surface area contributed by atoms with Crippen molar-refractivity contribution >= 4 is 22.5 Å². The summed E-state index contributed by atoms with van der Waals surface area (Å²) in [6, 6.07) is 21.2. The molecule has 0 radical (unpaired) electrons. The molecule has 0 aliphatic heterocycles. The molecule has 3 aromatic rings. The fraction of sp³-hybridized carbons (Fsp3) is 0.105. The Morgan fingerprint density at radius 1 is 0.957 bits per heavy atom. The molecule has 0 bridgehead atoms. The largest absolute Gasteiger partial charge is 0.496 e. The number of nitrogens with one attached hydrogen (secondary N) is 2. The fourth-order valence-electron chi connectivity index (χ4n) is 2.53. The average molecular weight is 306 g/mol. The number of carbonyl (C=O) groups is 1. The molecular formula is C19H18N2O2. The summed E-state index contributed by atoms with van der Waals surface area (Å²) >= 11 is 0. The summed E-state index contributed by atoms with van der Waals surface area (Å²) in [5, 5.41) is 7.87. The van der Waals surface area contributed by atoms with Gasteiger partial charge in [0.2, 0.25) is 0 Å². The molecule has 0 aromatic heterocycles. The minimum absolute atomic E-state index is 0.243. The van der Waals surface area contributed by atoms with E-state index in [0.29, 0.717) is 6.54 Å². The van der Waals surface area contributed by atoms with Crippen molar-refractivity contribution in [2.75, 3.05) is 12.4 Å². The Balaban J connectivity index is 1.69. The number of carbonyl (C=O) groups excluding carboxylic acids is 1. The van der Waals surface area contributed by atoms with E-state index in [0.717, 1.165) is 27.8 Å². The Bertz CT molecular complexity index is 825. The standard InChI is InChI=1S/C19H18N2O2/c1-23-18-12-5-3-8-15(18)13-20-19(22)21-17-11-6-9-14-7-2-4-10-16(14)17/h2-12H,13H2,1H3,(H2,20,21,22). The molecule has 4 heteroatoms. The summed E-state index contributed by atoms with van der Waals surface area (Å²) in [5.74, 6) is 0.762. The van der Waals surface area contributed by atoms with Gasteiger partial charge in [-0.25, -0.2) is 4.79 Å². The number of hydrogen-bond donors (Lipinski definition) is 2. The number of anilines is 1. The van der Waals surface area contributed by atoms with Crippen LogP contribution in [0.15, 0.2) is 66.7 Å². The molecule has 3 rings (SSSR count). The van der Waals surface area contributed by atoms with Gasteiger partial charge in [0.05, 0.1) is 12.8 Å². The molecule has 0 atom stereocenters. The predicted molar refractivity (Wildman–Crippen MR) is 92.8 cm³/mol. The van der Waals surface area contributed by atoms with E-state index in [1.165, 1.54) is 0 Å². The third-order valence-corrected chi connectivity index (χ3v) is 3.67. The van der Waals surface area contributed by atoms with Gasteiger partial charge < -0.3 is 15.4 Å². The Labute approximate surface area is 135 Å². The zero-order chi connectivity index (χ0) is 16.1. The van der Waals surface area contributed by atoms with Crippen molar-refractivity contribution in [1.29, 1.82) is 0 Å². The number of hydrogen-bond acceptors (Lipinski definition) is 2. The fourth-order valence-corrected chi connectivity index (χ4v) is 2.53. The lowest BCUT2D eigenvalue weighted by atomic mass is 10.1. The summed E-state index contributed by atoms with van der Waals surface area (Å²) < 4.78 is 5.28. The van der Waals surface area contributed by atoms with Gasteiger partial charge in [-0.2, -0.15) is 0 Å². The second-order valence-electron chi connectivity index (χ2n) is 5.15. The minimum Gasteiger partial charge on any atom is -0.496 e. The zero-order valence-corrected chi connectivity index (χ0v) is 12.9. The van der Waals surface area contributed by atoms with E-state index < -0.39 is 0 Å². The van der Waals surface area contributed by atoms with Gasteiger partial charge >= 0.3 is 6.03 Å². The first-order chi connectivity index (χ1) is 11.3. The van der Waals surface area contributed by atoms with Crippen LogP contribution in [0.3, 0.4) is 0 Å². The normalized spacial score (nSPS) is 10.3. The quantitative estimate of drug-likeness (QED) is 0.760. The van der Waals surface area contributed by atoms with Gasteiger partial charge in [0.25, 0.3) is 0 Å². The van der Waals surface area contributed by atoms with Crippen molar-refractivity contribution < 1.29 is 9.53 Å². The van der Waals surface area contributed by atoms with Crippen molar-refractivity contribution in [3.05, 3.63) is 72.3 Å². The summed E-state index contributed by atoms with van der Waals surface area (Å²) in [6.45, 7) is 0.403. The van der Waals surface area contributed by atoms with Crippen molar-refractivity contribution in [3.8, 4) is 5.75 Å². The summed E-state index contributed by atoms with van der Waals surface area (Å²) in [5.41, 5.74) is 1.73. The van der Waals surface area contributed by atoms with Crippen LogP contribution < -0.4 is 15.4 Å². The predicted octanol–water partition coefficient (Wildman–Crippen LogP) is 4.17. The van der Waals surface area contributed by atoms with E-state index >= 15 is 0 Å². The van der Waals surface area contributed by atoms with Gasteiger partial charge in [0.1, 0.15) is 5.75 Å². The molecule has 0 saturated heterocycles. The molecular weight excluding hydrogens is 288 g/mol. The third kappa shape index (κ3) is 3.43. The van der Waals surface area contributed by atoms with Crippen LogP contribution in [-0.2, 0) is 6.54 Å². The number of para-hydroxylation sites is 1. The van der Waals surface area contributed by atoms with Crippen molar-refractivity contribution in [3.63, 3.8) is 0 Å². The Hall–Kier alpha value is -3.01. The first-order valence-electron chi connectivity index (χ1n) is 7.42. The number of rotatable bonds is 4. The highest BCUT2D eigenvalue weighted by molar-refractivity contribution is 6.01. The van der Waals surface area contributed by atoms with Crippen LogP contribution in [0.25, 0.3) is 10.8 Å². The van der Waals surface area contributed by atoms with Crippen LogP contribution >= 0.6 is 0 Å². The molecule has 0 heterocycles. The van der Waals surface area contributed by atoms with Crippen LogP contribution in [-0.4, -0.2) is 13.1 Å². The number of benzene rings is 3. The number of urea groups is 1. The summed E-state index contributed by atoms with van der Waals surface area (Å²) in [7, 11) is 1.62. The molecule has 4 nitrogen and oxygen atoms in total. The minimum atomic E-state index is -0.243. The van der Waals surface area contributed by atoms with Crippen molar-refractivity contribution in [2.24, 2.45) is 0 Å². The van der Waals surface area contributed by atoms with E-state index in [1.807, 2.05) is 66.7 Å². The van der Waals surface area contributed by atoms with Gasteiger partial charge in [-0.3, -0.25) is 0 Å². The Morgan fingerprint density at radius 3 is 2.57 bits per heavy atom. The highest BCUT2D eigenvalue weighted by Gasteiger charge is 2.07. The van der Waals surface area contributed by atoms with Crippen LogP contribution in [0.5, 0.6) is 5.75 Å². The number of amides is 2. The topological polar surface area (TPSA) is 50.4 Å². The molecule has 0 aliphatic rings. The number of fused-ring (bicyclic) bond motifs is 1. The SMILES string of the molecule is COc1ccccc1CNC(=O)Nc1cccc2ccccc12. The van der Waals surface area contributed by atoms with E-state index in [-0.39, 0.29) is 6.03 Å². The van der Waals surface area contributed by atoms with Gasteiger partial charge in [-0.15, -0.1) is 0 Å². The molecule has 2 amide bonds. The summed E-state index contributed by atoms with van der Waals surface area (Å²) in [4.78, 5) is 12.2. The smallest absolute Gasteiger partial charge is 0.319 e. The monoisotopic (exact) mass is 306 g/mol. The van der Waals surface area contributed by atoms with Crippen LogP contribution in [0.1, 0.15) is 5.56 Å². The van der Waals surface area contributed by atoms with E-state index in [4.69, 9.17) is 4.74 Å². The Kier molecular flexibility index (Phi) is 4.43. The molecule has 0 aliphatic carbocycles. The first-order valence-corrected chi connectivity index (χ1v) is 7.42. The second-order valence-corrected chi connectivity index (χ2v) is 5.15. The average Bonchev–Trinajstić information content (AvgIpc) is 2.60. The molecule has 0 fully saturated rings. The first kappa shape index (κ1) is 14.9.